The van der Waals surface area contributed by atoms with Gasteiger partial charge in [-0.2, -0.15) is 0 Å². The van der Waals surface area contributed by atoms with Gasteiger partial charge in [-0.25, -0.2) is 0 Å². The summed E-state index contributed by atoms with van der Waals surface area (Å²) in [6.07, 6.45) is 2.12. The Morgan fingerprint density at radius 2 is 2.00 bits per heavy atom. The lowest BCUT2D eigenvalue weighted by molar-refractivity contribution is 0.0497. The van der Waals surface area contributed by atoms with Gasteiger partial charge in [0.1, 0.15) is 0 Å². The monoisotopic (exact) mass is 247 g/mol. The van der Waals surface area contributed by atoms with Crippen molar-refractivity contribution in [3.05, 3.63) is 35.4 Å². The molecular formula is C15H21NO2. The summed E-state index contributed by atoms with van der Waals surface area (Å²) in [6, 6.07) is 7.76. The fourth-order valence-corrected chi connectivity index (χ4v) is 2.42. The number of amides is 1. The van der Waals surface area contributed by atoms with Crippen LogP contribution in [0.5, 0.6) is 0 Å². The summed E-state index contributed by atoms with van der Waals surface area (Å²) in [5.41, 5.74) is 1.85. The maximum Gasteiger partial charge on any atom is 0.253 e. The summed E-state index contributed by atoms with van der Waals surface area (Å²) in [5.74, 6) is 0.705. The van der Waals surface area contributed by atoms with Crippen LogP contribution in [0.3, 0.4) is 0 Å². The normalized spacial score (nSPS) is 16.6. The second-order valence-corrected chi connectivity index (χ2v) is 5.06. The molecule has 1 amide bonds. The van der Waals surface area contributed by atoms with Crippen molar-refractivity contribution in [2.24, 2.45) is 5.92 Å². The van der Waals surface area contributed by atoms with Crippen LogP contribution in [0.25, 0.3) is 0 Å². The van der Waals surface area contributed by atoms with E-state index >= 15 is 0 Å². The second-order valence-electron chi connectivity index (χ2n) is 5.06. The van der Waals surface area contributed by atoms with E-state index in [-0.39, 0.29) is 5.91 Å². The van der Waals surface area contributed by atoms with Gasteiger partial charge in [-0.1, -0.05) is 18.2 Å². The summed E-state index contributed by atoms with van der Waals surface area (Å²) in [4.78, 5) is 14.2. The molecule has 1 aromatic rings. The molecule has 98 valence electrons. The van der Waals surface area contributed by atoms with Crippen LogP contribution in [0, 0.1) is 12.8 Å². The molecule has 1 aliphatic rings. The number of carbonyl (C=O) groups excluding carboxylic acids is 1. The molecule has 0 radical (unpaired) electrons. The molecule has 1 aromatic carbocycles. The fraction of sp³-hybridized carbons (Fsp3) is 0.533. The quantitative estimate of drug-likeness (QED) is 0.821. The first-order valence-electron chi connectivity index (χ1n) is 6.57. The highest BCUT2D eigenvalue weighted by atomic mass is 16.5. The van der Waals surface area contributed by atoms with E-state index in [2.05, 4.69) is 0 Å². The first-order valence-corrected chi connectivity index (χ1v) is 6.57. The molecule has 3 heteroatoms. The Balaban J connectivity index is 1.98. The molecule has 0 atom stereocenters. The molecule has 0 aromatic heterocycles. The molecule has 2 rings (SSSR count). The van der Waals surface area contributed by atoms with Crippen LogP contribution in [0.2, 0.25) is 0 Å². The van der Waals surface area contributed by atoms with Gasteiger partial charge >= 0.3 is 0 Å². The maximum absolute atomic E-state index is 12.3. The molecule has 3 nitrogen and oxygen atoms in total. The predicted molar refractivity (Wildman–Crippen MR) is 71.7 cm³/mol. The van der Waals surface area contributed by atoms with Crippen LogP contribution in [0.4, 0.5) is 0 Å². The standard InChI is InChI=1S/C15H21NO2/c1-12-5-3-4-6-14(12)15(17)16(2)11-13-7-9-18-10-8-13/h3-6,13H,7-11H2,1-2H3. The molecule has 0 spiro atoms. The topological polar surface area (TPSA) is 29.5 Å². The van der Waals surface area contributed by atoms with Crippen molar-refractivity contribution in [1.29, 1.82) is 0 Å². The largest absolute Gasteiger partial charge is 0.381 e. The average Bonchev–Trinajstić information content (AvgIpc) is 2.39. The van der Waals surface area contributed by atoms with Crippen molar-refractivity contribution in [2.75, 3.05) is 26.8 Å². The molecule has 0 N–H and O–H groups in total. The van der Waals surface area contributed by atoms with Gasteiger partial charge < -0.3 is 9.64 Å². The van der Waals surface area contributed by atoms with Gasteiger partial charge in [-0.05, 0) is 37.3 Å². The number of ether oxygens (including phenoxy) is 1. The molecule has 1 aliphatic heterocycles. The van der Waals surface area contributed by atoms with Gasteiger partial charge in [0, 0.05) is 32.4 Å². The summed E-state index contributed by atoms with van der Waals surface area (Å²) in [7, 11) is 1.89. The highest BCUT2D eigenvalue weighted by molar-refractivity contribution is 5.95. The van der Waals surface area contributed by atoms with Crippen LogP contribution < -0.4 is 0 Å². The molecule has 1 heterocycles. The lowest BCUT2D eigenvalue weighted by atomic mass is 9.99. The SMILES string of the molecule is Cc1ccccc1C(=O)N(C)CC1CCOCC1. The van der Waals surface area contributed by atoms with Crippen molar-refractivity contribution >= 4 is 5.91 Å². The Hall–Kier alpha value is -1.35. The number of rotatable bonds is 3. The van der Waals surface area contributed by atoms with Crippen LogP contribution in [-0.2, 0) is 4.74 Å². The molecular weight excluding hydrogens is 226 g/mol. The average molecular weight is 247 g/mol. The Bertz CT molecular complexity index is 411. The summed E-state index contributed by atoms with van der Waals surface area (Å²) < 4.78 is 5.34. The minimum absolute atomic E-state index is 0.125. The summed E-state index contributed by atoms with van der Waals surface area (Å²) in [5, 5.41) is 0. The van der Waals surface area contributed by atoms with Crippen molar-refractivity contribution in [3.8, 4) is 0 Å². The number of carbonyl (C=O) groups is 1. The molecule has 0 saturated carbocycles. The Labute approximate surface area is 109 Å². The number of hydrogen-bond acceptors (Lipinski definition) is 2. The van der Waals surface area contributed by atoms with E-state index in [1.807, 2.05) is 43.1 Å². The number of nitrogens with zero attached hydrogens (tertiary/aromatic N) is 1. The first kappa shape index (κ1) is 13.1. The van der Waals surface area contributed by atoms with E-state index in [0.29, 0.717) is 5.92 Å². The van der Waals surface area contributed by atoms with E-state index in [0.717, 1.165) is 43.7 Å². The van der Waals surface area contributed by atoms with Crippen LogP contribution in [0.1, 0.15) is 28.8 Å². The fourth-order valence-electron chi connectivity index (χ4n) is 2.42. The van der Waals surface area contributed by atoms with Crippen LogP contribution >= 0.6 is 0 Å². The van der Waals surface area contributed by atoms with Gasteiger partial charge in [0.15, 0.2) is 0 Å². The third-order valence-electron chi connectivity index (χ3n) is 3.60. The molecule has 0 aliphatic carbocycles. The molecule has 0 unspecified atom stereocenters. The van der Waals surface area contributed by atoms with Gasteiger partial charge in [0.2, 0.25) is 0 Å². The molecule has 18 heavy (non-hydrogen) atoms. The maximum atomic E-state index is 12.3. The zero-order valence-electron chi connectivity index (χ0n) is 11.2. The van der Waals surface area contributed by atoms with Crippen LogP contribution in [-0.4, -0.2) is 37.6 Å². The van der Waals surface area contributed by atoms with Gasteiger partial charge in [-0.15, -0.1) is 0 Å². The minimum Gasteiger partial charge on any atom is -0.381 e. The highest BCUT2D eigenvalue weighted by Gasteiger charge is 2.20. The Morgan fingerprint density at radius 3 is 2.67 bits per heavy atom. The summed E-state index contributed by atoms with van der Waals surface area (Å²) >= 11 is 0. The van der Waals surface area contributed by atoms with Gasteiger partial charge in [0.25, 0.3) is 5.91 Å². The van der Waals surface area contributed by atoms with E-state index in [1.165, 1.54) is 0 Å². The molecule has 0 bridgehead atoms. The zero-order valence-corrected chi connectivity index (χ0v) is 11.2. The summed E-state index contributed by atoms with van der Waals surface area (Å²) in [6.45, 7) is 4.47. The van der Waals surface area contributed by atoms with Gasteiger partial charge in [0.05, 0.1) is 0 Å². The van der Waals surface area contributed by atoms with Crippen molar-refractivity contribution in [3.63, 3.8) is 0 Å². The zero-order chi connectivity index (χ0) is 13.0. The highest BCUT2D eigenvalue weighted by Crippen LogP contribution is 2.17. The lowest BCUT2D eigenvalue weighted by Gasteiger charge is -2.27. The number of aryl methyl sites for hydroxylation is 1. The van der Waals surface area contributed by atoms with Crippen molar-refractivity contribution < 1.29 is 9.53 Å². The van der Waals surface area contributed by atoms with E-state index in [1.54, 1.807) is 0 Å². The molecule has 1 saturated heterocycles. The predicted octanol–water partition coefficient (Wildman–Crippen LogP) is 2.49. The minimum atomic E-state index is 0.125. The van der Waals surface area contributed by atoms with E-state index < -0.39 is 0 Å². The number of benzene rings is 1. The van der Waals surface area contributed by atoms with Crippen molar-refractivity contribution in [2.45, 2.75) is 19.8 Å². The molecule has 1 fully saturated rings. The van der Waals surface area contributed by atoms with Gasteiger partial charge in [-0.3, -0.25) is 4.79 Å². The lowest BCUT2D eigenvalue weighted by Crippen LogP contribution is -2.34. The smallest absolute Gasteiger partial charge is 0.253 e. The third kappa shape index (κ3) is 3.10. The van der Waals surface area contributed by atoms with Crippen molar-refractivity contribution in [1.82, 2.24) is 4.90 Å². The Kier molecular flexibility index (Phi) is 4.37. The first-order chi connectivity index (χ1) is 8.68. The second kappa shape index (κ2) is 6.01. The third-order valence-corrected chi connectivity index (χ3v) is 3.60. The van der Waals surface area contributed by atoms with Crippen LogP contribution in [0.15, 0.2) is 24.3 Å². The Morgan fingerprint density at radius 1 is 1.33 bits per heavy atom. The van der Waals surface area contributed by atoms with E-state index in [4.69, 9.17) is 4.74 Å². The van der Waals surface area contributed by atoms with E-state index in [9.17, 15) is 4.79 Å². The number of hydrogen-bond donors (Lipinski definition) is 0.